The molecule has 2 aromatic rings. The van der Waals surface area contributed by atoms with Gasteiger partial charge in [-0.1, -0.05) is 0 Å². The Bertz CT molecular complexity index is 938. The van der Waals surface area contributed by atoms with Gasteiger partial charge in [-0.3, -0.25) is 10.4 Å². The molecule has 0 bridgehead atoms. The maximum absolute atomic E-state index is 13.8. The maximum Gasteiger partial charge on any atom is 0.257 e. The molecular formula is C17H17F5N6. The van der Waals surface area contributed by atoms with Gasteiger partial charge >= 0.3 is 0 Å². The molecule has 3 rings (SSSR count). The fourth-order valence-electron chi connectivity index (χ4n) is 2.64. The lowest BCUT2D eigenvalue weighted by molar-refractivity contribution is 0.121. The fourth-order valence-corrected chi connectivity index (χ4v) is 2.64. The molecule has 1 atom stereocenters. The van der Waals surface area contributed by atoms with Crippen molar-refractivity contribution in [1.82, 2.24) is 20.4 Å². The Morgan fingerprint density at radius 1 is 1.29 bits per heavy atom. The smallest absolute Gasteiger partial charge is 0.257 e. The topological polar surface area (TPSA) is 80.3 Å². The van der Waals surface area contributed by atoms with Crippen LogP contribution in [0, 0.1) is 17.5 Å². The summed E-state index contributed by atoms with van der Waals surface area (Å²) >= 11 is 0. The number of rotatable bonds is 6. The highest BCUT2D eigenvalue weighted by Crippen LogP contribution is 2.22. The highest BCUT2D eigenvalue weighted by atomic mass is 19.3. The summed E-state index contributed by atoms with van der Waals surface area (Å²) in [6.45, 7) is 0.861. The molecule has 0 fully saturated rings. The van der Waals surface area contributed by atoms with Crippen LogP contribution in [0.5, 0.6) is 0 Å². The first-order valence-corrected chi connectivity index (χ1v) is 8.19. The van der Waals surface area contributed by atoms with Crippen LogP contribution in [0.3, 0.4) is 0 Å². The predicted molar refractivity (Wildman–Crippen MR) is 91.6 cm³/mol. The zero-order valence-corrected chi connectivity index (χ0v) is 14.7. The van der Waals surface area contributed by atoms with Gasteiger partial charge in [0, 0.05) is 36.2 Å². The second-order valence-corrected chi connectivity index (χ2v) is 6.26. The van der Waals surface area contributed by atoms with Crippen LogP contribution in [-0.4, -0.2) is 22.4 Å². The predicted octanol–water partition coefficient (Wildman–Crippen LogP) is 2.33. The van der Waals surface area contributed by atoms with Gasteiger partial charge in [0.25, 0.3) is 6.43 Å². The largest absolute Gasteiger partial charge is 0.367 e. The van der Waals surface area contributed by atoms with E-state index in [9.17, 15) is 22.0 Å². The third-order valence-corrected chi connectivity index (χ3v) is 4.09. The van der Waals surface area contributed by atoms with E-state index >= 15 is 0 Å². The summed E-state index contributed by atoms with van der Waals surface area (Å²) in [5.41, 5.74) is 6.91. The van der Waals surface area contributed by atoms with Gasteiger partial charge in [0.15, 0.2) is 11.6 Å². The molecule has 1 aliphatic heterocycles. The van der Waals surface area contributed by atoms with Gasteiger partial charge in [-0.15, -0.1) is 0 Å². The number of nitrogens with zero attached hydrogens (tertiary/aromatic N) is 3. The summed E-state index contributed by atoms with van der Waals surface area (Å²) in [4.78, 5) is 4.17. The van der Waals surface area contributed by atoms with Crippen LogP contribution in [0.25, 0.3) is 0 Å². The second kappa shape index (κ2) is 7.58. The normalized spacial score (nSPS) is 19.3. The maximum atomic E-state index is 13.8. The Morgan fingerprint density at radius 2 is 2.04 bits per heavy atom. The van der Waals surface area contributed by atoms with Crippen LogP contribution >= 0.6 is 0 Å². The lowest BCUT2D eigenvalue weighted by atomic mass is 10.1. The third-order valence-electron chi connectivity index (χ3n) is 4.09. The molecule has 0 spiro atoms. The molecule has 28 heavy (non-hydrogen) atoms. The number of benzene rings is 1. The van der Waals surface area contributed by atoms with Gasteiger partial charge in [-0.05, 0) is 13.0 Å². The zero-order valence-electron chi connectivity index (χ0n) is 14.7. The zero-order chi connectivity index (χ0) is 20.5. The first-order valence-electron chi connectivity index (χ1n) is 8.19. The van der Waals surface area contributed by atoms with E-state index in [2.05, 4.69) is 20.7 Å². The van der Waals surface area contributed by atoms with Crippen molar-refractivity contribution in [2.45, 2.75) is 32.2 Å². The van der Waals surface area contributed by atoms with E-state index in [0.717, 1.165) is 10.7 Å². The summed E-state index contributed by atoms with van der Waals surface area (Å²) in [5, 5.41) is 9.52. The first kappa shape index (κ1) is 19.8. The lowest BCUT2D eigenvalue weighted by Crippen LogP contribution is -2.52. The second-order valence-electron chi connectivity index (χ2n) is 6.26. The van der Waals surface area contributed by atoms with Crippen molar-refractivity contribution >= 4 is 6.21 Å². The van der Waals surface area contributed by atoms with Gasteiger partial charge < -0.3 is 10.6 Å². The van der Waals surface area contributed by atoms with Gasteiger partial charge in [-0.25, -0.2) is 26.9 Å². The number of nitrogens with two attached hydrogens (primary N) is 1. The Morgan fingerprint density at radius 3 is 2.75 bits per heavy atom. The molecule has 0 saturated heterocycles. The van der Waals surface area contributed by atoms with Crippen molar-refractivity contribution in [3.05, 3.63) is 64.5 Å². The minimum Gasteiger partial charge on any atom is -0.367 e. The third kappa shape index (κ3) is 4.14. The summed E-state index contributed by atoms with van der Waals surface area (Å²) in [7, 11) is 0. The molecule has 150 valence electrons. The number of hydrogen-bond acceptors (Lipinski definition) is 5. The molecule has 0 saturated carbocycles. The van der Waals surface area contributed by atoms with Crippen molar-refractivity contribution in [3.63, 3.8) is 0 Å². The number of alkyl halides is 2. The van der Waals surface area contributed by atoms with E-state index in [1.54, 1.807) is 6.92 Å². The van der Waals surface area contributed by atoms with Crippen LogP contribution < -0.4 is 16.4 Å². The molecule has 1 aliphatic rings. The van der Waals surface area contributed by atoms with E-state index < -0.39 is 36.2 Å². The summed E-state index contributed by atoms with van der Waals surface area (Å²) in [5.74, 6) is -4.53. The van der Waals surface area contributed by atoms with Gasteiger partial charge in [0.1, 0.15) is 18.2 Å². The highest BCUT2D eigenvalue weighted by Gasteiger charge is 2.31. The van der Waals surface area contributed by atoms with Crippen LogP contribution in [0.15, 0.2) is 40.9 Å². The Kier molecular flexibility index (Phi) is 5.36. The van der Waals surface area contributed by atoms with E-state index in [1.165, 1.54) is 18.6 Å². The Hall–Kier alpha value is -2.95. The first-order chi connectivity index (χ1) is 13.2. The molecule has 1 aromatic carbocycles. The van der Waals surface area contributed by atoms with E-state index in [-0.39, 0.29) is 12.1 Å². The van der Waals surface area contributed by atoms with Crippen LogP contribution in [0.1, 0.15) is 18.1 Å². The molecule has 6 nitrogen and oxygen atoms in total. The molecule has 11 heteroatoms. The summed E-state index contributed by atoms with van der Waals surface area (Å²) < 4.78 is 66.5. The minimum absolute atomic E-state index is 0.213. The van der Waals surface area contributed by atoms with Gasteiger partial charge in [0.2, 0.25) is 5.79 Å². The summed E-state index contributed by atoms with van der Waals surface area (Å²) in [6, 6.07) is 1.33. The molecule has 1 aromatic heterocycles. The van der Waals surface area contributed by atoms with Gasteiger partial charge in [0.05, 0.1) is 11.8 Å². The van der Waals surface area contributed by atoms with Gasteiger partial charge in [-0.2, -0.15) is 5.10 Å². The van der Waals surface area contributed by atoms with Crippen molar-refractivity contribution in [2.24, 2.45) is 10.7 Å². The number of nitrogens with one attached hydrogen (secondary N) is 2. The fraction of sp³-hybridized carbons (Fsp3) is 0.294. The van der Waals surface area contributed by atoms with Crippen LogP contribution in [0.4, 0.5) is 22.0 Å². The Balaban J connectivity index is 1.76. The molecule has 0 amide bonds. The molecule has 0 aliphatic carbocycles. The monoisotopic (exact) mass is 400 g/mol. The number of aromatic nitrogens is 2. The average Bonchev–Trinajstić information content (AvgIpc) is 3.08. The number of allylic oxidation sites excluding steroid dienone is 1. The van der Waals surface area contributed by atoms with Crippen molar-refractivity contribution in [3.8, 4) is 0 Å². The summed E-state index contributed by atoms with van der Waals surface area (Å²) in [6.07, 6.45) is 1.49. The molecular weight excluding hydrogens is 383 g/mol. The molecule has 4 N–H and O–H groups in total. The highest BCUT2D eigenvalue weighted by molar-refractivity contribution is 5.80. The lowest BCUT2D eigenvalue weighted by Gasteiger charge is -2.32. The van der Waals surface area contributed by atoms with E-state index in [4.69, 9.17) is 5.73 Å². The molecule has 2 heterocycles. The van der Waals surface area contributed by atoms with Crippen molar-refractivity contribution in [2.75, 3.05) is 0 Å². The van der Waals surface area contributed by atoms with E-state index in [1.807, 2.05) is 0 Å². The van der Waals surface area contributed by atoms with Crippen LogP contribution in [0.2, 0.25) is 0 Å². The van der Waals surface area contributed by atoms with Crippen molar-refractivity contribution < 1.29 is 22.0 Å². The quantitative estimate of drug-likeness (QED) is 0.514. The van der Waals surface area contributed by atoms with Crippen molar-refractivity contribution in [1.29, 1.82) is 0 Å². The number of hydrogen-bond donors (Lipinski definition) is 3. The Labute approximate surface area is 156 Å². The SMILES string of the molecule is CC1=C(NCc2cc(F)cc(F)c2F)NC(N)(c2cnn(CC(F)F)c2)N=C1. The van der Waals surface area contributed by atoms with Crippen LogP contribution in [-0.2, 0) is 18.9 Å². The molecule has 0 radical (unpaired) electrons. The van der Waals surface area contributed by atoms with E-state index in [0.29, 0.717) is 23.0 Å². The molecule has 1 unspecified atom stereocenters. The average molecular weight is 400 g/mol. The standard InChI is InChI=1S/C17H17F5N6/c1-9-4-25-17(23,11-6-26-28(7-11)8-14(20)21)27-16(9)24-5-10-2-12(18)3-13(19)15(10)22/h2-4,6-7,14,24,27H,5,8,23H2,1H3. The number of aliphatic imine (C=N–C) groups is 1. The number of halogens is 5. The minimum atomic E-state index is -2.58.